The van der Waals surface area contributed by atoms with Crippen LogP contribution in [0.3, 0.4) is 0 Å². The zero-order chi connectivity index (χ0) is 20.5. The molecule has 1 aliphatic heterocycles. The van der Waals surface area contributed by atoms with Gasteiger partial charge in [-0.25, -0.2) is 23.7 Å². The van der Waals surface area contributed by atoms with Crippen molar-refractivity contribution in [2.24, 2.45) is 11.7 Å². The molecule has 0 aromatic carbocycles. The molecule has 1 atom stereocenters. The number of alkyl halides is 2. The number of rotatable bonds is 6. The van der Waals surface area contributed by atoms with E-state index in [-0.39, 0.29) is 0 Å². The molecule has 1 saturated heterocycles. The van der Waals surface area contributed by atoms with E-state index in [1.807, 2.05) is 19.9 Å². The van der Waals surface area contributed by atoms with Crippen LogP contribution in [0.2, 0.25) is 0 Å². The first-order valence-electron chi connectivity index (χ1n) is 9.44. The summed E-state index contributed by atoms with van der Waals surface area (Å²) in [6.07, 6.45) is 4.86. The highest BCUT2D eigenvalue weighted by molar-refractivity contribution is 5.97. The number of imidazole rings is 1. The van der Waals surface area contributed by atoms with E-state index < -0.39 is 12.1 Å². The van der Waals surface area contributed by atoms with E-state index in [4.69, 9.17) is 11.1 Å². The molecule has 3 rings (SSSR count). The smallest absolute Gasteiger partial charge is 0.279 e. The predicted molar refractivity (Wildman–Crippen MR) is 108 cm³/mol. The zero-order valence-electron chi connectivity index (χ0n) is 16.2. The first-order chi connectivity index (χ1) is 13.6. The average molecular weight is 391 g/mol. The quantitative estimate of drug-likeness (QED) is 0.655. The van der Waals surface area contributed by atoms with Gasteiger partial charge in [-0.1, -0.05) is 13.8 Å². The molecule has 0 spiro atoms. The fourth-order valence-corrected chi connectivity index (χ4v) is 2.93. The van der Waals surface area contributed by atoms with Crippen molar-refractivity contribution in [1.82, 2.24) is 19.9 Å². The number of nitrogens with one attached hydrogen (secondary N) is 2. The number of piperidine rings is 1. The van der Waals surface area contributed by atoms with Gasteiger partial charge in [-0.05, 0) is 37.5 Å². The molecule has 1 unspecified atom stereocenters. The van der Waals surface area contributed by atoms with Crippen molar-refractivity contribution in [2.75, 3.05) is 24.5 Å². The Bertz CT molecular complexity index is 788. The largest absolute Gasteiger partial charge is 0.356 e. The maximum absolute atomic E-state index is 12.3. The highest BCUT2D eigenvalue weighted by atomic mass is 19.3. The van der Waals surface area contributed by atoms with Crippen molar-refractivity contribution >= 4 is 17.6 Å². The van der Waals surface area contributed by atoms with Gasteiger partial charge in [0.25, 0.3) is 6.43 Å². The van der Waals surface area contributed by atoms with Gasteiger partial charge >= 0.3 is 0 Å². The maximum atomic E-state index is 12.3. The Morgan fingerprint density at radius 2 is 2.18 bits per heavy atom. The standard InChI is InChI=1S/C17H21F2N7.C2H6/c18-17(19)12(21)3-4-15-22-8-14(25-15)13-6-16(24-10-23-13)26-5-1-2-11(7-20)9-26;1-2/h3-4,6,8,10-11,17,21H,1-2,5,7,9,20H2,(H,22,25);1-2H3/b4-3-,21-12?;. The first kappa shape index (κ1) is 21.6. The molecule has 9 heteroatoms. The summed E-state index contributed by atoms with van der Waals surface area (Å²) in [6.45, 7) is 6.47. The lowest BCUT2D eigenvalue weighted by Crippen LogP contribution is -2.38. The minimum absolute atomic E-state index is 0.381. The van der Waals surface area contributed by atoms with E-state index in [0.717, 1.165) is 37.8 Å². The van der Waals surface area contributed by atoms with Gasteiger partial charge in [-0.2, -0.15) is 0 Å². The van der Waals surface area contributed by atoms with E-state index in [9.17, 15) is 8.78 Å². The number of hydrogen-bond acceptors (Lipinski definition) is 6. The monoisotopic (exact) mass is 391 g/mol. The van der Waals surface area contributed by atoms with Gasteiger partial charge in [0, 0.05) is 19.2 Å². The van der Waals surface area contributed by atoms with Crippen LogP contribution in [-0.2, 0) is 0 Å². The minimum Gasteiger partial charge on any atom is -0.356 e. The molecule has 28 heavy (non-hydrogen) atoms. The van der Waals surface area contributed by atoms with Crippen LogP contribution in [-0.4, -0.2) is 51.7 Å². The van der Waals surface area contributed by atoms with Crippen molar-refractivity contribution in [3.8, 4) is 11.4 Å². The average Bonchev–Trinajstić information content (AvgIpc) is 3.22. The molecule has 7 nitrogen and oxygen atoms in total. The third kappa shape index (κ3) is 5.66. The van der Waals surface area contributed by atoms with Crippen LogP contribution < -0.4 is 10.6 Å². The number of halogens is 2. The highest BCUT2D eigenvalue weighted by Crippen LogP contribution is 2.24. The Morgan fingerprint density at radius 3 is 2.89 bits per heavy atom. The molecule has 0 radical (unpaired) electrons. The van der Waals surface area contributed by atoms with E-state index in [0.29, 0.717) is 29.7 Å². The molecule has 0 amide bonds. The second-order valence-corrected chi connectivity index (χ2v) is 6.22. The summed E-state index contributed by atoms with van der Waals surface area (Å²) in [5.74, 6) is 1.68. The van der Waals surface area contributed by atoms with Crippen LogP contribution in [0, 0.1) is 11.3 Å². The van der Waals surface area contributed by atoms with E-state index in [1.165, 1.54) is 12.4 Å². The fraction of sp³-hybridized carbons (Fsp3) is 0.474. The highest BCUT2D eigenvalue weighted by Gasteiger charge is 2.20. The minimum atomic E-state index is -2.80. The van der Waals surface area contributed by atoms with Crippen molar-refractivity contribution < 1.29 is 8.78 Å². The first-order valence-corrected chi connectivity index (χ1v) is 9.44. The second kappa shape index (κ2) is 10.6. The van der Waals surface area contributed by atoms with Crippen LogP contribution in [0.15, 0.2) is 24.7 Å². The van der Waals surface area contributed by atoms with Crippen molar-refractivity contribution in [3.63, 3.8) is 0 Å². The molecule has 0 aliphatic carbocycles. The van der Waals surface area contributed by atoms with Crippen LogP contribution in [0.25, 0.3) is 17.5 Å². The van der Waals surface area contributed by atoms with Crippen LogP contribution in [0.5, 0.6) is 0 Å². The molecule has 1 fully saturated rings. The van der Waals surface area contributed by atoms with Gasteiger partial charge in [-0.3, -0.25) is 5.41 Å². The molecular weight excluding hydrogens is 364 g/mol. The summed E-state index contributed by atoms with van der Waals surface area (Å²) in [7, 11) is 0. The summed E-state index contributed by atoms with van der Waals surface area (Å²) < 4.78 is 24.7. The van der Waals surface area contributed by atoms with Gasteiger partial charge in [0.15, 0.2) is 0 Å². The zero-order valence-corrected chi connectivity index (χ0v) is 16.2. The van der Waals surface area contributed by atoms with Crippen molar-refractivity contribution in [1.29, 1.82) is 5.41 Å². The lowest BCUT2D eigenvalue weighted by atomic mass is 9.98. The molecule has 2 aromatic rings. The SMILES string of the molecule is CC.N=C(/C=C\c1ncc(-c2cc(N3CCCC(CN)C3)ncn2)[nH]1)C(F)F. The number of aromatic amines is 1. The molecule has 4 N–H and O–H groups in total. The number of nitrogens with two attached hydrogens (primary N) is 1. The summed E-state index contributed by atoms with van der Waals surface area (Å²) in [5, 5.41) is 7.12. The second-order valence-electron chi connectivity index (χ2n) is 6.22. The molecule has 0 bridgehead atoms. The summed E-state index contributed by atoms with van der Waals surface area (Å²) >= 11 is 0. The molecule has 1 aliphatic rings. The Kier molecular flexibility index (Phi) is 8.19. The number of aromatic nitrogens is 4. The van der Waals surface area contributed by atoms with E-state index in [2.05, 4.69) is 24.8 Å². The van der Waals surface area contributed by atoms with Gasteiger partial charge < -0.3 is 15.6 Å². The third-order valence-electron chi connectivity index (χ3n) is 4.36. The van der Waals surface area contributed by atoms with E-state index >= 15 is 0 Å². The Balaban J connectivity index is 0.00000136. The molecule has 152 valence electrons. The fourth-order valence-electron chi connectivity index (χ4n) is 2.93. The number of H-pyrrole nitrogens is 1. The van der Waals surface area contributed by atoms with Crippen LogP contribution in [0.4, 0.5) is 14.6 Å². The summed E-state index contributed by atoms with van der Waals surface area (Å²) in [6, 6.07) is 1.88. The molecular formula is C19H27F2N7. The Morgan fingerprint density at radius 1 is 1.39 bits per heavy atom. The summed E-state index contributed by atoms with van der Waals surface area (Å²) in [5.41, 5.74) is 6.36. The topological polar surface area (TPSA) is 108 Å². The van der Waals surface area contributed by atoms with Crippen LogP contribution in [0.1, 0.15) is 32.5 Å². The Hall–Kier alpha value is -2.68. The normalized spacial score (nSPS) is 16.9. The molecule has 3 heterocycles. The van der Waals surface area contributed by atoms with Crippen molar-refractivity contribution in [3.05, 3.63) is 30.5 Å². The van der Waals surface area contributed by atoms with Gasteiger partial charge in [0.1, 0.15) is 18.0 Å². The summed E-state index contributed by atoms with van der Waals surface area (Å²) in [4.78, 5) is 17.9. The number of allylic oxidation sites excluding steroid dienone is 1. The predicted octanol–water partition coefficient (Wildman–Crippen LogP) is 3.37. The number of nitrogens with zero attached hydrogens (tertiary/aromatic N) is 4. The lowest BCUT2D eigenvalue weighted by molar-refractivity contribution is 0.226. The third-order valence-corrected chi connectivity index (χ3v) is 4.36. The van der Waals surface area contributed by atoms with Crippen molar-refractivity contribution in [2.45, 2.75) is 33.1 Å². The molecule has 0 saturated carbocycles. The van der Waals surface area contributed by atoms with E-state index in [1.54, 1.807) is 6.20 Å². The maximum Gasteiger partial charge on any atom is 0.279 e. The van der Waals surface area contributed by atoms with Gasteiger partial charge in [-0.15, -0.1) is 0 Å². The lowest BCUT2D eigenvalue weighted by Gasteiger charge is -2.33. The number of hydrogen-bond donors (Lipinski definition) is 3. The molecule has 2 aromatic heterocycles. The van der Waals surface area contributed by atoms with Gasteiger partial charge in [0.05, 0.1) is 23.3 Å². The van der Waals surface area contributed by atoms with Gasteiger partial charge in [0.2, 0.25) is 0 Å². The van der Waals surface area contributed by atoms with Crippen LogP contribution >= 0.6 is 0 Å². The Labute approximate surface area is 163 Å². The number of anilines is 1.